The number of unbranched alkanes of at least 4 members (excludes halogenated alkanes) is 4. The van der Waals surface area contributed by atoms with Crippen LogP contribution in [0.3, 0.4) is 0 Å². The summed E-state index contributed by atoms with van der Waals surface area (Å²) in [6, 6.07) is 0.448. The molecule has 20 heavy (non-hydrogen) atoms. The molecule has 0 aromatic carbocycles. The summed E-state index contributed by atoms with van der Waals surface area (Å²) in [6.45, 7) is 7.03. The minimum Gasteiger partial charge on any atom is -0.412 e. The van der Waals surface area contributed by atoms with Crippen LogP contribution in [0.2, 0.25) is 0 Å². The standard InChI is InChI=1S/C18H37N.H2O/c1-4-7-8-9-10-14-17(19)18(6-3)15-12-11-13-16(18)5-2;/h16-17H,4-15,19H2,1-3H3;1H2. The molecule has 0 saturated heterocycles. The van der Waals surface area contributed by atoms with Crippen LogP contribution in [0, 0.1) is 11.3 Å². The molecule has 0 bridgehead atoms. The van der Waals surface area contributed by atoms with E-state index < -0.39 is 0 Å². The molecule has 0 spiro atoms. The zero-order chi connectivity index (χ0) is 14.1. The molecule has 1 aliphatic carbocycles. The van der Waals surface area contributed by atoms with Gasteiger partial charge in [-0.15, -0.1) is 0 Å². The topological polar surface area (TPSA) is 57.5 Å². The Morgan fingerprint density at radius 1 is 1.05 bits per heavy atom. The highest BCUT2D eigenvalue weighted by atomic mass is 16.0. The Bertz CT molecular complexity index is 231. The lowest BCUT2D eigenvalue weighted by atomic mass is 9.59. The van der Waals surface area contributed by atoms with Crippen molar-refractivity contribution in [1.82, 2.24) is 0 Å². The van der Waals surface area contributed by atoms with Gasteiger partial charge in [-0.1, -0.05) is 72.1 Å². The third kappa shape index (κ3) is 5.04. The second-order valence-corrected chi connectivity index (χ2v) is 6.75. The fourth-order valence-electron chi connectivity index (χ4n) is 4.42. The normalized spacial score (nSPS) is 27.9. The molecule has 0 aromatic heterocycles. The Kier molecular flexibility index (Phi) is 10.6. The van der Waals surface area contributed by atoms with Gasteiger partial charge in [0.2, 0.25) is 0 Å². The SMILES string of the molecule is CCCCCCCC(N)C1(CC)CCCCC1CC.O. The third-order valence-electron chi connectivity index (χ3n) is 5.77. The molecular formula is C18H39NO. The van der Waals surface area contributed by atoms with Crippen LogP contribution < -0.4 is 5.73 Å². The molecular weight excluding hydrogens is 246 g/mol. The van der Waals surface area contributed by atoms with E-state index in [9.17, 15) is 0 Å². The molecule has 1 fully saturated rings. The van der Waals surface area contributed by atoms with E-state index in [0.29, 0.717) is 11.5 Å². The quantitative estimate of drug-likeness (QED) is 0.605. The average molecular weight is 286 g/mol. The first-order valence-corrected chi connectivity index (χ1v) is 8.96. The lowest BCUT2D eigenvalue weighted by molar-refractivity contribution is 0.0494. The lowest BCUT2D eigenvalue weighted by Crippen LogP contribution is -2.48. The molecule has 1 rings (SSSR count). The summed E-state index contributed by atoms with van der Waals surface area (Å²) in [5, 5.41) is 0. The van der Waals surface area contributed by atoms with Crippen LogP contribution in [0.15, 0.2) is 0 Å². The molecule has 0 heterocycles. The van der Waals surface area contributed by atoms with E-state index in [1.54, 1.807) is 0 Å². The van der Waals surface area contributed by atoms with Crippen molar-refractivity contribution in [3.8, 4) is 0 Å². The molecule has 2 heteroatoms. The van der Waals surface area contributed by atoms with Crippen molar-refractivity contribution in [2.75, 3.05) is 0 Å². The average Bonchev–Trinajstić information content (AvgIpc) is 2.46. The first kappa shape index (κ1) is 19.9. The van der Waals surface area contributed by atoms with E-state index in [-0.39, 0.29) is 5.48 Å². The summed E-state index contributed by atoms with van der Waals surface area (Å²) in [6.07, 6.45) is 16.4. The lowest BCUT2D eigenvalue weighted by Gasteiger charge is -2.48. The fraction of sp³-hybridized carbons (Fsp3) is 1.00. The van der Waals surface area contributed by atoms with E-state index in [4.69, 9.17) is 5.73 Å². The van der Waals surface area contributed by atoms with Gasteiger partial charge in [0, 0.05) is 6.04 Å². The van der Waals surface area contributed by atoms with E-state index in [0.717, 1.165) is 5.92 Å². The molecule has 122 valence electrons. The highest BCUT2D eigenvalue weighted by molar-refractivity contribution is 4.95. The van der Waals surface area contributed by atoms with Gasteiger partial charge in [-0.25, -0.2) is 0 Å². The maximum atomic E-state index is 6.67. The Balaban J connectivity index is 0.00000361. The van der Waals surface area contributed by atoms with Gasteiger partial charge < -0.3 is 11.2 Å². The summed E-state index contributed by atoms with van der Waals surface area (Å²) in [7, 11) is 0. The van der Waals surface area contributed by atoms with Gasteiger partial charge in [-0.05, 0) is 37.0 Å². The van der Waals surface area contributed by atoms with Crippen molar-refractivity contribution in [2.24, 2.45) is 17.1 Å². The molecule has 0 aromatic rings. The fourth-order valence-corrected chi connectivity index (χ4v) is 4.42. The van der Waals surface area contributed by atoms with E-state index in [2.05, 4.69) is 20.8 Å². The van der Waals surface area contributed by atoms with Crippen LogP contribution >= 0.6 is 0 Å². The summed E-state index contributed by atoms with van der Waals surface area (Å²) in [5.41, 5.74) is 7.14. The van der Waals surface area contributed by atoms with Crippen LogP contribution in [-0.4, -0.2) is 11.5 Å². The van der Waals surface area contributed by atoms with Gasteiger partial charge in [0.1, 0.15) is 0 Å². The van der Waals surface area contributed by atoms with Crippen molar-refractivity contribution >= 4 is 0 Å². The molecule has 3 unspecified atom stereocenters. The van der Waals surface area contributed by atoms with Crippen LogP contribution in [0.4, 0.5) is 0 Å². The maximum absolute atomic E-state index is 6.67. The Labute approximate surface area is 127 Å². The van der Waals surface area contributed by atoms with E-state index in [1.807, 2.05) is 0 Å². The van der Waals surface area contributed by atoms with E-state index >= 15 is 0 Å². The molecule has 1 aliphatic rings. The maximum Gasteiger partial charge on any atom is 0.00981 e. The third-order valence-corrected chi connectivity index (χ3v) is 5.77. The van der Waals surface area contributed by atoms with Gasteiger partial charge >= 0.3 is 0 Å². The van der Waals surface area contributed by atoms with Crippen molar-refractivity contribution in [1.29, 1.82) is 0 Å². The Hall–Kier alpha value is -0.0800. The largest absolute Gasteiger partial charge is 0.412 e. The highest BCUT2D eigenvalue weighted by Gasteiger charge is 2.42. The number of hydrogen-bond acceptors (Lipinski definition) is 1. The molecule has 2 nitrogen and oxygen atoms in total. The molecule has 0 aliphatic heterocycles. The second-order valence-electron chi connectivity index (χ2n) is 6.75. The molecule has 3 atom stereocenters. The van der Waals surface area contributed by atoms with Crippen LogP contribution in [0.5, 0.6) is 0 Å². The number of nitrogens with two attached hydrogens (primary N) is 1. The van der Waals surface area contributed by atoms with Crippen LogP contribution in [0.1, 0.15) is 97.8 Å². The predicted octanol–water partition coefficient (Wildman–Crippen LogP) is 4.85. The molecule has 0 amide bonds. The molecule has 0 radical (unpaired) electrons. The predicted molar refractivity (Wildman–Crippen MR) is 89.9 cm³/mol. The van der Waals surface area contributed by atoms with Crippen LogP contribution in [0.25, 0.3) is 0 Å². The monoisotopic (exact) mass is 285 g/mol. The van der Waals surface area contributed by atoms with Crippen molar-refractivity contribution in [3.63, 3.8) is 0 Å². The van der Waals surface area contributed by atoms with Gasteiger partial charge in [-0.3, -0.25) is 0 Å². The second kappa shape index (κ2) is 10.6. The van der Waals surface area contributed by atoms with Gasteiger partial charge in [0.25, 0.3) is 0 Å². The van der Waals surface area contributed by atoms with Gasteiger partial charge in [0.05, 0.1) is 0 Å². The first-order chi connectivity index (χ1) is 9.21. The zero-order valence-corrected chi connectivity index (χ0v) is 14.2. The highest BCUT2D eigenvalue weighted by Crippen LogP contribution is 2.48. The first-order valence-electron chi connectivity index (χ1n) is 8.96. The van der Waals surface area contributed by atoms with Crippen LogP contribution in [-0.2, 0) is 0 Å². The number of rotatable bonds is 9. The molecule has 4 N–H and O–H groups in total. The Morgan fingerprint density at radius 2 is 1.75 bits per heavy atom. The molecule has 1 saturated carbocycles. The van der Waals surface area contributed by atoms with E-state index in [1.165, 1.54) is 77.0 Å². The minimum atomic E-state index is 0. The van der Waals surface area contributed by atoms with Crippen molar-refractivity contribution < 1.29 is 5.48 Å². The van der Waals surface area contributed by atoms with Gasteiger partial charge in [0.15, 0.2) is 0 Å². The minimum absolute atomic E-state index is 0. The number of hydrogen-bond donors (Lipinski definition) is 1. The summed E-state index contributed by atoms with van der Waals surface area (Å²) < 4.78 is 0. The summed E-state index contributed by atoms with van der Waals surface area (Å²) in [4.78, 5) is 0. The Morgan fingerprint density at radius 3 is 2.35 bits per heavy atom. The van der Waals surface area contributed by atoms with Gasteiger partial charge in [-0.2, -0.15) is 0 Å². The summed E-state index contributed by atoms with van der Waals surface area (Å²) >= 11 is 0. The summed E-state index contributed by atoms with van der Waals surface area (Å²) in [5.74, 6) is 0.886. The zero-order valence-electron chi connectivity index (χ0n) is 14.2. The van der Waals surface area contributed by atoms with Crippen molar-refractivity contribution in [2.45, 2.75) is 104 Å². The smallest absolute Gasteiger partial charge is 0.00981 e. The van der Waals surface area contributed by atoms with Crippen molar-refractivity contribution in [3.05, 3.63) is 0 Å².